The highest BCUT2D eigenvalue weighted by molar-refractivity contribution is 6.33. The molecule has 0 aliphatic heterocycles. The molecular formula is C17H12ClF3N4. The molecule has 0 amide bonds. The highest BCUT2D eigenvalue weighted by Gasteiger charge is 2.14. The van der Waals surface area contributed by atoms with Crippen molar-refractivity contribution in [2.75, 3.05) is 10.6 Å². The fraction of sp³-hybridized carbons (Fsp3) is 0.0588. The molecule has 0 aliphatic rings. The van der Waals surface area contributed by atoms with Crippen LogP contribution in [0.15, 0.2) is 42.5 Å². The fourth-order valence-corrected chi connectivity index (χ4v) is 2.31. The SMILES string of the molecule is Cc1cc(Nc2ccc(F)c(F)c2F)nc(Nc2ccccc2Cl)n1. The minimum atomic E-state index is -1.55. The maximum Gasteiger partial charge on any atom is 0.229 e. The maximum absolute atomic E-state index is 13.8. The zero-order valence-electron chi connectivity index (χ0n) is 12.9. The summed E-state index contributed by atoms with van der Waals surface area (Å²) >= 11 is 6.08. The summed E-state index contributed by atoms with van der Waals surface area (Å²) in [6, 6.07) is 10.5. The molecular weight excluding hydrogens is 353 g/mol. The van der Waals surface area contributed by atoms with Gasteiger partial charge in [-0.05, 0) is 31.2 Å². The van der Waals surface area contributed by atoms with Crippen LogP contribution in [0.25, 0.3) is 0 Å². The Labute approximate surface area is 146 Å². The van der Waals surface area contributed by atoms with Crippen LogP contribution in [0.4, 0.5) is 36.3 Å². The smallest absolute Gasteiger partial charge is 0.229 e. The van der Waals surface area contributed by atoms with Crippen LogP contribution < -0.4 is 10.6 Å². The van der Waals surface area contributed by atoms with Crippen LogP contribution in [0.3, 0.4) is 0 Å². The highest BCUT2D eigenvalue weighted by Crippen LogP contribution is 2.26. The van der Waals surface area contributed by atoms with Crippen LogP contribution in [0.5, 0.6) is 0 Å². The first-order valence-electron chi connectivity index (χ1n) is 7.22. The fourth-order valence-electron chi connectivity index (χ4n) is 2.13. The maximum atomic E-state index is 13.8. The van der Waals surface area contributed by atoms with Crippen molar-refractivity contribution < 1.29 is 13.2 Å². The number of nitrogens with one attached hydrogen (secondary N) is 2. The highest BCUT2D eigenvalue weighted by atomic mass is 35.5. The summed E-state index contributed by atoms with van der Waals surface area (Å²) in [5, 5.41) is 6.05. The van der Waals surface area contributed by atoms with Crippen LogP contribution >= 0.6 is 11.6 Å². The summed E-state index contributed by atoms with van der Waals surface area (Å²) in [6.07, 6.45) is 0. The van der Waals surface area contributed by atoms with Gasteiger partial charge in [0, 0.05) is 11.8 Å². The molecule has 0 aliphatic carbocycles. The van der Waals surface area contributed by atoms with Gasteiger partial charge in [0.2, 0.25) is 5.95 Å². The number of benzene rings is 2. The lowest BCUT2D eigenvalue weighted by molar-refractivity contribution is 0.449. The predicted molar refractivity (Wildman–Crippen MR) is 91.1 cm³/mol. The van der Waals surface area contributed by atoms with E-state index in [0.717, 1.165) is 12.1 Å². The molecule has 1 aromatic heterocycles. The molecule has 0 saturated carbocycles. The third-order valence-electron chi connectivity index (χ3n) is 3.27. The molecule has 0 saturated heterocycles. The van der Waals surface area contributed by atoms with Crippen LogP contribution in [0.1, 0.15) is 5.69 Å². The van der Waals surface area contributed by atoms with Gasteiger partial charge in [-0.2, -0.15) is 4.98 Å². The van der Waals surface area contributed by atoms with E-state index in [1.54, 1.807) is 37.3 Å². The second-order valence-corrected chi connectivity index (χ2v) is 5.58. The lowest BCUT2D eigenvalue weighted by atomic mass is 10.2. The third-order valence-corrected chi connectivity index (χ3v) is 3.60. The zero-order valence-corrected chi connectivity index (χ0v) is 13.7. The Hall–Kier alpha value is -2.80. The summed E-state index contributed by atoms with van der Waals surface area (Å²) in [4.78, 5) is 8.40. The van der Waals surface area contributed by atoms with Crippen LogP contribution in [0, 0.1) is 24.4 Å². The Morgan fingerprint density at radius 2 is 1.64 bits per heavy atom. The largest absolute Gasteiger partial charge is 0.338 e. The number of para-hydroxylation sites is 1. The summed E-state index contributed by atoms with van der Waals surface area (Å²) in [6.45, 7) is 1.71. The first-order chi connectivity index (χ1) is 11.9. The lowest BCUT2D eigenvalue weighted by Crippen LogP contribution is -2.04. The van der Waals surface area contributed by atoms with Gasteiger partial charge in [-0.1, -0.05) is 23.7 Å². The van der Waals surface area contributed by atoms with Crippen LogP contribution in [-0.2, 0) is 0 Å². The molecule has 0 radical (unpaired) electrons. The molecule has 1 heterocycles. The normalized spacial score (nSPS) is 10.6. The monoisotopic (exact) mass is 364 g/mol. The van der Waals surface area contributed by atoms with Crippen molar-refractivity contribution in [2.45, 2.75) is 6.92 Å². The third kappa shape index (κ3) is 3.83. The molecule has 2 N–H and O–H groups in total. The number of hydrogen-bond donors (Lipinski definition) is 2. The van der Waals surface area contributed by atoms with E-state index in [9.17, 15) is 13.2 Å². The Bertz CT molecular complexity index is 934. The van der Waals surface area contributed by atoms with Crippen LogP contribution in [-0.4, -0.2) is 9.97 Å². The average Bonchev–Trinajstić information content (AvgIpc) is 2.57. The molecule has 4 nitrogen and oxygen atoms in total. The van der Waals surface area contributed by atoms with E-state index in [0.29, 0.717) is 16.4 Å². The minimum absolute atomic E-state index is 0.215. The number of anilines is 4. The molecule has 25 heavy (non-hydrogen) atoms. The Morgan fingerprint density at radius 3 is 2.40 bits per heavy atom. The lowest BCUT2D eigenvalue weighted by Gasteiger charge is -2.11. The van der Waals surface area contributed by atoms with Gasteiger partial charge in [-0.15, -0.1) is 0 Å². The van der Waals surface area contributed by atoms with E-state index in [2.05, 4.69) is 20.6 Å². The van der Waals surface area contributed by atoms with Crippen molar-refractivity contribution in [3.63, 3.8) is 0 Å². The van der Waals surface area contributed by atoms with E-state index in [1.807, 2.05) is 0 Å². The zero-order chi connectivity index (χ0) is 18.0. The van der Waals surface area contributed by atoms with Gasteiger partial charge in [-0.25, -0.2) is 18.2 Å². The van der Waals surface area contributed by atoms with E-state index < -0.39 is 17.5 Å². The first kappa shape index (κ1) is 17.0. The average molecular weight is 365 g/mol. The van der Waals surface area contributed by atoms with Gasteiger partial charge in [0.05, 0.1) is 16.4 Å². The molecule has 0 spiro atoms. The summed E-state index contributed by atoms with van der Waals surface area (Å²) in [5.41, 5.74) is 0.940. The number of rotatable bonds is 4. The molecule has 0 bridgehead atoms. The molecule has 2 aromatic carbocycles. The number of nitrogens with zero attached hydrogens (tertiary/aromatic N) is 2. The number of aryl methyl sites for hydroxylation is 1. The first-order valence-corrected chi connectivity index (χ1v) is 7.59. The van der Waals surface area contributed by atoms with Crippen molar-refractivity contribution >= 4 is 34.7 Å². The van der Waals surface area contributed by atoms with Crippen molar-refractivity contribution in [1.29, 1.82) is 0 Å². The number of halogens is 4. The Balaban J connectivity index is 1.90. The van der Waals surface area contributed by atoms with Gasteiger partial charge >= 0.3 is 0 Å². The van der Waals surface area contributed by atoms with Crippen molar-refractivity contribution in [3.05, 3.63) is 70.6 Å². The molecule has 0 fully saturated rings. The van der Waals surface area contributed by atoms with Crippen LogP contribution in [0.2, 0.25) is 5.02 Å². The summed E-state index contributed by atoms with van der Waals surface area (Å²) in [7, 11) is 0. The second-order valence-electron chi connectivity index (χ2n) is 5.17. The Morgan fingerprint density at radius 1 is 0.880 bits per heavy atom. The Kier molecular flexibility index (Phi) is 4.76. The molecule has 0 unspecified atom stereocenters. The van der Waals surface area contributed by atoms with Gasteiger partial charge in [0.25, 0.3) is 0 Å². The molecule has 3 aromatic rings. The molecule has 128 valence electrons. The minimum Gasteiger partial charge on any atom is -0.338 e. The molecule has 0 atom stereocenters. The van der Waals surface area contributed by atoms with E-state index in [-0.39, 0.29) is 17.5 Å². The van der Waals surface area contributed by atoms with E-state index in [1.165, 1.54) is 0 Å². The summed E-state index contributed by atoms with van der Waals surface area (Å²) < 4.78 is 40.1. The molecule has 8 heteroatoms. The standard InChI is InChI=1S/C17H12ClF3N4/c1-9-8-14(23-13-7-6-11(19)15(20)16(13)21)25-17(22-9)24-12-5-3-2-4-10(12)18/h2-8H,1H3,(H2,22,23,24,25). The van der Waals surface area contributed by atoms with E-state index >= 15 is 0 Å². The molecule has 3 rings (SSSR count). The topological polar surface area (TPSA) is 49.8 Å². The van der Waals surface area contributed by atoms with Crippen molar-refractivity contribution in [3.8, 4) is 0 Å². The number of hydrogen-bond acceptors (Lipinski definition) is 4. The van der Waals surface area contributed by atoms with Gasteiger partial charge < -0.3 is 10.6 Å². The van der Waals surface area contributed by atoms with Crippen molar-refractivity contribution in [2.24, 2.45) is 0 Å². The van der Waals surface area contributed by atoms with Gasteiger partial charge in [0.1, 0.15) is 5.82 Å². The second kappa shape index (κ2) is 6.98. The van der Waals surface area contributed by atoms with Gasteiger partial charge in [-0.3, -0.25) is 0 Å². The van der Waals surface area contributed by atoms with Crippen molar-refractivity contribution in [1.82, 2.24) is 9.97 Å². The van der Waals surface area contributed by atoms with E-state index in [4.69, 9.17) is 11.6 Å². The summed E-state index contributed by atoms with van der Waals surface area (Å²) in [5.74, 6) is -3.70. The van der Waals surface area contributed by atoms with Gasteiger partial charge in [0.15, 0.2) is 17.5 Å². The predicted octanol–water partition coefficient (Wildman–Crippen LogP) is 5.34. The quantitative estimate of drug-likeness (QED) is 0.613. The number of aromatic nitrogens is 2.